The van der Waals surface area contributed by atoms with Gasteiger partial charge in [0.15, 0.2) is 0 Å². The Morgan fingerprint density at radius 1 is 1.11 bits per heavy atom. The molecule has 3 rings (SSSR count). The van der Waals surface area contributed by atoms with Crippen LogP contribution in [0, 0.1) is 5.92 Å². The standard InChI is InChI=1S/C16H24OS/c1-18(2,14-6-4-3-5-7-14)11-10-13-8-9-15-16(12-13)17-15/h3-7,13,15-16H,8-12H2,1-2H3. The van der Waals surface area contributed by atoms with Crippen LogP contribution in [0.3, 0.4) is 0 Å². The summed E-state index contributed by atoms with van der Waals surface area (Å²) in [6, 6.07) is 11.1. The minimum atomic E-state index is -0.604. The molecule has 1 aliphatic carbocycles. The van der Waals surface area contributed by atoms with E-state index in [1.807, 2.05) is 0 Å². The zero-order valence-electron chi connectivity index (χ0n) is 11.5. The van der Waals surface area contributed by atoms with Crippen molar-refractivity contribution in [3.8, 4) is 0 Å². The zero-order chi connectivity index (χ0) is 12.6. The molecule has 1 saturated heterocycles. The Morgan fingerprint density at radius 3 is 2.61 bits per heavy atom. The van der Waals surface area contributed by atoms with E-state index in [0.717, 1.165) is 5.92 Å². The van der Waals surface area contributed by atoms with Gasteiger partial charge in [0.25, 0.3) is 0 Å². The monoisotopic (exact) mass is 264 g/mol. The van der Waals surface area contributed by atoms with Crippen LogP contribution < -0.4 is 0 Å². The van der Waals surface area contributed by atoms with Gasteiger partial charge in [-0.25, -0.2) is 10.0 Å². The molecule has 3 atom stereocenters. The smallest absolute Gasteiger partial charge is 0.0844 e. The van der Waals surface area contributed by atoms with Crippen molar-refractivity contribution in [3.05, 3.63) is 30.3 Å². The van der Waals surface area contributed by atoms with Crippen molar-refractivity contribution in [1.29, 1.82) is 0 Å². The van der Waals surface area contributed by atoms with Crippen LogP contribution >= 0.6 is 10.0 Å². The van der Waals surface area contributed by atoms with E-state index < -0.39 is 10.0 Å². The first-order chi connectivity index (χ1) is 8.65. The zero-order valence-corrected chi connectivity index (χ0v) is 12.3. The Kier molecular flexibility index (Phi) is 3.42. The van der Waals surface area contributed by atoms with E-state index in [4.69, 9.17) is 4.74 Å². The second kappa shape index (κ2) is 4.90. The lowest BCUT2D eigenvalue weighted by Crippen LogP contribution is -2.16. The van der Waals surface area contributed by atoms with Crippen molar-refractivity contribution >= 4 is 10.0 Å². The number of hydrogen-bond acceptors (Lipinski definition) is 1. The third kappa shape index (κ3) is 2.75. The Morgan fingerprint density at radius 2 is 1.89 bits per heavy atom. The molecule has 2 heteroatoms. The molecule has 18 heavy (non-hydrogen) atoms. The minimum Gasteiger partial charge on any atom is -0.370 e. The molecule has 0 amide bonds. The Labute approximate surface area is 112 Å². The summed E-state index contributed by atoms with van der Waals surface area (Å²) in [6.45, 7) is 0. The first-order valence-electron chi connectivity index (χ1n) is 7.07. The average Bonchev–Trinajstić information content (AvgIpc) is 3.16. The first kappa shape index (κ1) is 12.6. The highest BCUT2D eigenvalue weighted by Crippen LogP contribution is 2.51. The van der Waals surface area contributed by atoms with E-state index in [1.165, 1.54) is 31.4 Å². The van der Waals surface area contributed by atoms with Crippen LogP contribution in [0.1, 0.15) is 25.7 Å². The summed E-state index contributed by atoms with van der Waals surface area (Å²) in [5.74, 6) is 2.29. The van der Waals surface area contributed by atoms with Gasteiger partial charge in [0, 0.05) is 0 Å². The lowest BCUT2D eigenvalue weighted by Gasteiger charge is -2.33. The molecule has 0 bridgehead atoms. The first-order valence-corrected chi connectivity index (χ1v) is 9.68. The summed E-state index contributed by atoms with van der Waals surface area (Å²) in [5.41, 5.74) is 0. The molecule has 3 unspecified atom stereocenters. The van der Waals surface area contributed by atoms with Gasteiger partial charge < -0.3 is 4.74 Å². The van der Waals surface area contributed by atoms with Crippen LogP contribution in [0.2, 0.25) is 0 Å². The second-order valence-corrected chi connectivity index (χ2v) is 10.2. The highest BCUT2D eigenvalue weighted by atomic mass is 32.3. The van der Waals surface area contributed by atoms with Gasteiger partial charge in [0.05, 0.1) is 12.2 Å². The van der Waals surface area contributed by atoms with Crippen LogP contribution in [0.15, 0.2) is 35.2 Å². The largest absolute Gasteiger partial charge is 0.370 e. The molecule has 1 saturated carbocycles. The fourth-order valence-electron chi connectivity index (χ4n) is 3.12. The Bertz CT molecular complexity index is 401. The molecular weight excluding hydrogens is 240 g/mol. The molecule has 1 aromatic carbocycles. The minimum absolute atomic E-state index is 0.604. The molecule has 1 aliphatic heterocycles. The maximum Gasteiger partial charge on any atom is 0.0844 e. The van der Waals surface area contributed by atoms with E-state index in [-0.39, 0.29) is 0 Å². The van der Waals surface area contributed by atoms with Gasteiger partial charge in [0.2, 0.25) is 0 Å². The summed E-state index contributed by atoms with van der Waals surface area (Å²) in [4.78, 5) is 1.56. The number of ether oxygens (including phenoxy) is 1. The van der Waals surface area contributed by atoms with Crippen LogP contribution in [-0.4, -0.2) is 30.5 Å². The maximum atomic E-state index is 5.63. The number of hydrogen-bond donors (Lipinski definition) is 0. The van der Waals surface area contributed by atoms with Gasteiger partial charge >= 0.3 is 0 Å². The van der Waals surface area contributed by atoms with Gasteiger partial charge in [-0.3, -0.25) is 0 Å². The van der Waals surface area contributed by atoms with Gasteiger partial charge in [-0.2, -0.15) is 0 Å². The van der Waals surface area contributed by atoms with Gasteiger partial charge in [-0.1, -0.05) is 30.3 Å². The van der Waals surface area contributed by atoms with Gasteiger partial charge in [-0.05, 0) is 54.8 Å². The predicted molar refractivity (Wildman–Crippen MR) is 79.6 cm³/mol. The molecule has 2 fully saturated rings. The molecule has 0 radical (unpaired) electrons. The number of benzene rings is 1. The number of epoxide rings is 1. The van der Waals surface area contributed by atoms with Crippen LogP contribution in [-0.2, 0) is 4.74 Å². The number of rotatable bonds is 4. The maximum absolute atomic E-state index is 5.63. The SMILES string of the molecule is CS(C)(CCC1CCC2OC2C1)c1ccccc1. The Balaban J connectivity index is 1.55. The number of fused-ring (bicyclic) bond motifs is 1. The van der Waals surface area contributed by atoms with E-state index in [0.29, 0.717) is 12.2 Å². The van der Waals surface area contributed by atoms with Crippen molar-refractivity contribution in [3.63, 3.8) is 0 Å². The molecule has 1 heterocycles. The second-order valence-electron chi connectivity index (χ2n) is 6.24. The van der Waals surface area contributed by atoms with Gasteiger partial charge in [-0.15, -0.1) is 0 Å². The van der Waals surface area contributed by atoms with E-state index in [9.17, 15) is 0 Å². The fraction of sp³-hybridized carbons (Fsp3) is 0.625. The van der Waals surface area contributed by atoms with Crippen LogP contribution in [0.5, 0.6) is 0 Å². The topological polar surface area (TPSA) is 12.5 Å². The molecule has 1 aromatic rings. The van der Waals surface area contributed by atoms with Crippen molar-refractivity contribution in [1.82, 2.24) is 0 Å². The van der Waals surface area contributed by atoms with Crippen molar-refractivity contribution in [2.75, 3.05) is 18.3 Å². The summed E-state index contributed by atoms with van der Waals surface area (Å²) in [7, 11) is -0.604. The molecule has 0 spiro atoms. The molecule has 0 aromatic heterocycles. The van der Waals surface area contributed by atoms with Crippen molar-refractivity contribution in [2.45, 2.75) is 42.8 Å². The Hall–Kier alpha value is -0.470. The van der Waals surface area contributed by atoms with Crippen LogP contribution in [0.4, 0.5) is 0 Å². The fourth-order valence-corrected chi connectivity index (χ4v) is 5.17. The lowest BCUT2D eigenvalue weighted by molar-refractivity contribution is 0.358. The lowest BCUT2D eigenvalue weighted by atomic mass is 9.88. The molecular formula is C16H24OS. The molecule has 100 valence electrons. The summed E-state index contributed by atoms with van der Waals surface area (Å²) in [6.07, 6.45) is 11.6. The van der Waals surface area contributed by atoms with E-state index in [2.05, 4.69) is 42.8 Å². The molecule has 1 nitrogen and oxygen atoms in total. The quantitative estimate of drug-likeness (QED) is 0.747. The summed E-state index contributed by atoms with van der Waals surface area (Å²) in [5, 5.41) is 0. The van der Waals surface area contributed by atoms with Crippen molar-refractivity contribution < 1.29 is 4.74 Å². The highest BCUT2D eigenvalue weighted by molar-refractivity contribution is 8.32. The van der Waals surface area contributed by atoms with E-state index >= 15 is 0 Å². The molecule has 0 N–H and O–H groups in total. The molecule has 2 aliphatic rings. The normalized spacial score (nSPS) is 31.8. The van der Waals surface area contributed by atoms with Crippen molar-refractivity contribution in [2.24, 2.45) is 5.92 Å². The average molecular weight is 264 g/mol. The third-order valence-electron chi connectivity index (χ3n) is 4.53. The summed E-state index contributed by atoms with van der Waals surface area (Å²) < 4.78 is 5.63. The van der Waals surface area contributed by atoms with Crippen LogP contribution in [0.25, 0.3) is 0 Å². The third-order valence-corrected chi connectivity index (χ3v) is 7.34. The van der Waals surface area contributed by atoms with E-state index in [1.54, 1.807) is 4.90 Å². The van der Waals surface area contributed by atoms with Gasteiger partial charge in [0.1, 0.15) is 0 Å². The predicted octanol–water partition coefficient (Wildman–Crippen LogP) is 4.07. The highest BCUT2D eigenvalue weighted by Gasteiger charge is 2.43. The summed E-state index contributed by atoms with van der Waals surface area (Å²) >= 11 is 0.